The van der Waals surface area contributed by atoms with E-state index in [1.165, 1.54) is 55.2 Å². The molecule has 0 aliphatic heterocycles. The molecule has 0 saturated carbocycles. The Morgan fingerprint density at radius 3 is 1.04 bits per heavy atom. The molecule has 4 aromatic rings. The Balaban J connectivity index is 1.53. The van der Waals surface area contributed by atoms with Crippen molar-refractivity contribution in [3.63, 3.8) is 0 Å². The number of unbranched alkanes of at least 4 members (excludes halogenated alkanes) is 2. The van der Waals surface area contributed by atoms with E-state index in [1.807, 2.05) is 0 Å². The van der Waals surface area contributed by atoms with Crippen LogP contribution in [0.2, 0.25) is 0 Å². The van der Waals surface area contributed by atoms with Crippen LogP contribution in [-0.2, 0) is 0 Å². The van der Waals surface area contributed by atoms with E-state index in [1.54, 1.807) is 6.92 Å². The summed E-state index contributed by atoms with van der Waals surface area (Å²) < 4.78 is 0. The van der Waals surface area contributed by atoms with Crippen LogP contribution in [0.1, 0.15) is 135 Å². The van der Waals surface area contributed by atoms with Gasteiger partial charge in [-0.1, -0.05) is 6.92 Å². The highest BCUT2D eigenvalue weighted by Gasteiger charge is 2.28. The van der Waals surface area contributed by atoms with Crippen molar-refractivity contribution in [2.24, 2.45) is 0 Å². The molecular formula is C48H56N6O16. The van der Waals surface area contributed by atoms with Gasteiger partial charge in [0.25, 0.3) is 35.4 Å². The molecule has 0 spiro atoms. The van der Waals surface area contributed by atoms with Crippen LogP contribution in [0.4, 0.5) is 0 Å². The first-order valence-electron chi connectivity index (χ1n) is 22.0. The minimum Gasteiger partial charge on any atom is -0.504 e. The van der Waals surface area contributed by atoms with Gasteiger partial charge in [0.05, 0.1) is 44.5 Å². The number of rotatable bonds is 23. The predicted octanol–water partition coefficient (Wildman–Crippen LogP) is 3.24. The minimum absolute atomic E-state index is 0.000676. The second-order valence-corrected chi connectivity index (χ2v) is 15.7. The predicted molar refractivity (Wildman–Crippen MR) is 250 cm³/mol. The van der Waals surface area contributed by atoms with Gasteiger partial charge in [0, 0.05) is 66.7 Å². The highest BCUT2D eigenvalue weighted by Crippen LogP contribution is 2.37. The lowest BCUT2D eigenvalue weighted by atomic mass is 10.0. The third-order valence-corrected chi connectivity index (χ3v) is 11.3. The van der Waals surface area contributed by atoms with E-state index in [0.29, 0.717) is 0 Å². The molecule has 0 unspecified atom stereocenters. The van der Waals surface area contributed by atoms with Crippen molar-refractivity contribution >= 4 is 47.0 Å². The summed E-state index contributed by atoms with van der Waals surface area (Å²) in [5.74, 6) is -12.1. The average molecular weight is 973 g/mol. The van der Waals surface area contributed by atoms with Gasteiger partial charge in [-0.15, -0.1) is 0 Å². The number of amides is 6. The van der Waals surface area contributed by atoms with Crippen LogP contribution in [0.25, 0.3) is 0 Å². The fourth-order valence-corrected chi connectivity index (χ4v) is 7.31. The molecule has 0 bridgehead atoms. The Bertz CT molecular complexity index is 2500. The smallest absolute Gasteiger partial charge is 0.257 e. The Morgan fingerprint density at radius 1 is 0.386 bits per heavy atom. The minimum atomic E-state index is -0.867. The molecule has 4 rings (SSSR count). The molecule has 0 aliphatic carbocycles. The van der Waals surface area contributed by atoms with Crippen LogP contribution in [0, 0.1) is 0 Å². The van der Waals surface area contributed by atoms with Crippen LogP contribution in [0.5, 0.6) is 46.0 Å². The quantitative estimate of drug-likeness (QED) is 0.0288. The first kappa shape index (κ1) is 54.0. The lowest BCUT2D eigenvalue weighted by Crippen LogP contribution is -2.36. The van der Waals surface area contributed by atoms with Crippen molar-refractivity contribution < 1.29 is 79.2 Å². The van der Waals surface area contributed by atoms with E-state index < -0.39 is 93.0 Å². The standard InChI is InChI=1S/C48H56N6O16/c1-5-33(55)25-13-18-31(41(63)35(25)57)48(70)54(24-10-20-52-46(68)30-16-15-28(44(66)50-3)38(60)40(30)62)23-9-8-22-53(47(69)32-19-17-29(45(67)51-4)39(61)42(32)64)21-7-6-11-34(56)26-12-14-27(43(65)49-2)37(59)36(26)58/h12-19,57-64H,5-11,20-24H2,1-4H3,(H,49,65)(H,50,66)(H,51,67)(H,52,68). The van der Waals surface area contributed by atoms with Gasteiger partial charge in [-0.3, -0.25) is 38.4 Å². The summed E-state index contributed by atoms with van der Waals surface area (Å²) >= 11 is 0. The Labute approximate surface area is 401 Å². The van der Waals surface area contributed by atoms with Crippen molar-refractivity contribution in [3.8, 4) is 46.0 Å². The number of benzene rings is 4. The molecule has 0 radical (unpaired) electrons. The normalized spacial score (nSPS) is 10.7. The molecule has 6 amide bonds. The molecule has 374 valence electrons. The molecule has 22 heteroatoms. The van der Waals surface area contributed by atoms with Gasteiger partial charge >= 0.3 is 0 Å². The van der Waals surface area contributed by atoms with Crippen LogP contribution >= 0.6 is 0 Å². The number of carbonyl (C=O) groups is 8. The molecule has 0 atom stereocenters. The highest BCUT2D eigenvalue weighted by molar-refractivity contribution is 6.06. The number of hydrogen-bond acceptors (Lipinski definition) is 16. The molecule has 0 aliphatic rings. The Hall–Kier alpha value is -8.56. The number of aromatic hydroxyl groups is 8. The van der Waals surface area contributed by atoms with Crippen molar-refractivity contribution in [2.45, 2.75) is 51.9 Å². The van der Waals surface area contributed by atoms with Crippen LogP contribution in [0.3, 0.4) is 0 Å². The van der Waals surface area contributed by atoms with Gasteiger partial charge in [-0.2, -0.15) is 0 Å². The van der Waals surface area contributed by atoms with Gasteiger partial charge in [-0.05, 0) is 80.6 Å². The summed E-state index contributed by atoms with van der Waals surface area (Å²) in [5.41, 5.74) is -2.31. The zero-order valence-corrected chi connectivity index (χ0v) is 38.8. The van der Waals surface area contributed by atoms with Gasteiger partial charge in [0.15, 0.2) is 57.6 Å². The third kappa shape index (κ3) is 12.3. The van der Waals surface area contributed by atoms with Crippen molar-refractivity contribution in [2.75, 3.05) is 53.9 Å². The first-order chi connectivity index (χ1) is 33.2. The van der Waals surface area contributed by atoms with Crippen molar-refractivity contribution in [1.29, 1.82) is 0 Å². The summed E-state index contributed by atoms with van der Waals surface area (Å²) in [6, 6.07) is 9.34. The van der Waals surface area contributed by atoms with E-state index in [2.05, 4.69) is 21.3 Å². The monoisotopic (exact) mass is 972 g/mol. The maximum absolute atomic E-state index is 14.0. The second kappa shape index (κ2) is 24.5. The molecule has 0 fully saturated rings. The summed E-state index contributed by atoms with van der Waals surface area (Å²) in [7, 11) is 3.94. The number of Topliss-reactive ketones (excluding diaryl/α,β-unsaturated/α-hetero) is 2. The highest BCUT2D eigenvalue weighted by atomic mass is 16.3. The topological polar surface area (TPSA) is 353 Å². The zero-order valence-electron chi connectivity index (χ0n) is 38.8. The lowest BCUT2D eigenvalue weighted by molar-refractivity contribution is 0.0714. The molecule has 0 saturated heterocycles. The van der Waals surface area contributed by atoms with Crippen LogP contribution in [0.15, 0.2) is 48.5 Å². The summed E-state index contributed by atoms with van der Waals surface area (Å²) in [6.07, 6.45) is 0.581. The Kier molecular flexibility index (Phi) is 18.9. The van der Waals surface area contributed by atoms with Gasteiger partial charge in [-0.25, -0.2) is 0 Å². The number of nitrogens with one attached hydrogen (secondary N) is 4. The van der Waals surface area contributed by atoms with Crippen molar-refractivity contribution in [3.05, 3.63) is 93.0 Å². The molecule has 0 heterocycles. The van der Waals surface area contributed by atoms with Gasteiger partial charge < -0.3 is 71.9 Å². The summed E-state index contributed by atoms with van der Waals surface area (Å²) in [6.45, 7) is 1.26. The molecule has 0 aromatic heterocycles. The van der Waals surface area contributed by atoms with Crippen LogP contribution < -0.4 is 21.3 Å². The number of carbonyl (C=O) groups excluding carboxylic acids is 8. The van der Waals surface area contributed by atoms with E-state index in [0.717, 1.165) is 24.3 Å². The SMILES string of the molecule is CCC(=O)c1ccc(C(=O)N(CCCCN(CCCCC(=O)c2ccc(C(=O)NC)c(O)c2O)C(=O)c2ccc(C(=O)NC)c(O)c2O)CCCNC(=O)c2ccc(C(=O)NC)c(O)c2O)c(O)c1O. The van der Waals surface area contributed by atoms with Gasteiger partial charge in [0.2, 0.25) is 0 Å². The zero-order chi connectivity index (χ0) is 52.0. The average Bonchev–Trinajstić information content (AvgIpc) is 3.35. The molecule has 4 aromatic carbocycles. The molecule has 22 nitrogen and oxygen atoms in total. The maximum atomic E-state index is 14.0. The van der Waals surface area contributed by atoms with Gasteiger partial charge in [0.1, 0.15) is 0 Å². The number of phenols is 8. The van der Waals surface area contributed by atoms with E-state index >= 15 is 0 Å². The van der Waals surface area contributed by atoms with E-state index in [9.17, 15) is 79.2 Å². The van der Waals surface area contributed by atoms with Crippen LogP contribution in [-0.4, -0.2) is 152 Å². The molecule has 70 heavy (non-hydrogen) atoms. The Morgan fingerprint density at radius 2 is 0.671 bits per heavy atom. The lowest BCUT2D eigenvalue weighted by Gasteiger charge is -2.26. The fraction of sp³-hybridized carbons (Fsp3) is 0.333. The second-order valence-electron chi connectivity index (χ2n) is 15.7. The molecule has 12 N–H and O–H groups in total. The fourth-order valence-electron chi connectivity index (χ4n) is 7.31. The number of nitrogens with zero attached hydrogens (tertiary/aromatic N) is 2. The number of hydrogen-bond donors (Lipinski definition) is 12. The van der Waals surface area contributed by atoms with Crippen molar-refractivity contribution in [1.82, 2.24) is 31.1 Å². The summed E-state index contributed by atoms with van der Waals surface area (Å²) in [4.78, 5) is 105. The number of phenolic OH excluding ortho intramolecular Hbond substituents is 8. The maximum Gasteiger partial charge on any atom is 0.257 e. The molecular weight excluding hydrogens is 917 g/mol. The summed E-state index contributed by atoms with van der Waals surface area (Å²) in [5, 5.41) is 94.0. The third-order valence-electron chi connectivity index (χ3n) is 11.3. The number of ketones is 2. The largest absolute Gasteiger partial charge is 0.504 e. The van der Waals surface area contributed by atoms with E-state index in [4.69, 9.17) is 0 Å². The first-order valence-corrected chi connectivity index (χ1v) is 22.0. The van der Waals surface area contributed by atoms with E-state index in [-0.39, 0.29) is 122 Å².